The molecule has 1 aliphatic heterocycles. The van der Waals surface area contributed by atoms with Crippen LogP contribution in [0.25, 0.3) is 5.69 Å². The van der Waals surface area contributed by atoms with Gasteiger partial charge in [0.25, 0.3) is 0 Å². The van der Waals surface area contributed by atoms with Gasteiger partial charge in [0, 0.05) is 17.5 Å². The first-order valence-corrected chi connectivity index (χ1v) is 10.3. The van der Waals surface area contributed by atoms with Crippen LogP contribution in [0.3, 0.4) is 0 Å². The Hall–Kier alpha value is -3.03. The summed E-state index contributed by atoms with van der Waals surface area (Å²) in [6.45, 7) is 1.88. The van der Waals surface area contributed by atoms with Gasteiger partial charge in [0.2, 0.25) is 11.4 Å². The number of halogens is 1. The zero-order valence-electron chi connectivity index (χ0n) is 17.3. The molecule has 3 aromatic rings. The monoisotopic (exact) mass is 440 g/mol. The number of aliphatic hydroxyl groups excluding tert-OH is 1. The average Bonchev–Trinajstić information content (AvgIpc) is 3.34. The van der Waals surface area contributed by atoms with Crippen molar-refractivity contribution in [2.75, 3.05) is 14.2 Å². The molecule has 0 fully saturated rings. The highest BCUT2D eigenvalue weighted by molar-refractivity contribution is 6.35. The van der Waals surface area contributed by atoms with Gasteiger partial charge in [0.15, 0.2) is 5.75 Å². The van der Waals surface area contributed by atoms with E-state index in [4.69, 9.17) is 25.8 Å². The predicted molar refractivity (Wildman–Crippen MR) is 114 cm³/mol. The average molecular weight is 441 g/mol. The number of nitrogens with zero attached hydrogens (tertiary/aromatic N) is 2. The fourth-order valence-corrected chi connectivity index (χ4v) is 4.94. The Morgan fingerprint density at radius 2 is 1.94 bits per heavy atom. The van der Waals surface area contributed by atoms with Gasteiger partial charge in [-0.2, -0.15) is 5.10 Å². The van der Waals surface area contributed by atoms with Crippen molar-refractivity contribution in [2.45, 2.75) is 25.0 Å². The number of carbonyl (C=O) groups is 1. The molecule has 0 radical (unpaired) electrons. The zero-order chi connectivity index (χ0) is 21.9. The van der Waals surface area contributed by atoms with Crippen LogP contribution in [0, 0.1) is 5.92 Å². The van der Waals surface area contributed by atoms with Crippen LogP contribution in [0.1, 0.15) is 34.6 Å². The number of aromatic nitrogens is 2. The third-order valence-electron chi connectivity index (χ3n) is 6.28. The minimum absolute atomic E-state index is 0.174. The molecule has 160 valence electrons. The molecule has 1 N–H and O–H groups in total. The second-order valence-corrected chi connectivity index (χ2v) is 8.20. The summed E-state index contributed by atoms with van der Waals surface area (Å²) in [6, 6.07) is 11.2. The van der Waals surface area contributed by atoms with Crippen LogP contribution in [0.15, 0.2) is 42.6 Å². The molecule has 0 unspecified atom stereocenters. The zero-order valence-corrected chi connectivity index (χ0v) is 18.0. The second-order valence-electron chi connectivity index (χ2n) is 7.83. The lowest BCUT2D eigenvalue weighted by atomic mass is 9.70. The van der Waals surface area contributed by atoms with Crippen molar-refractivity contribution in [1.29, 1.82) is 0 Å². The van der Waals surface area contributed by atoms with Gasteiger partial charge in [-0.3, -0.25) is 4.79 Å². The maximum Gasteiger partial charge on any atom is 0.217 e. The van der Waals surface area contributed by atoms with E-state index in [0.29, 0.717) is 23.5 Å². The standard InChI is InChI=1S/C23H21ClN2O5/c1-12-9-15-14(11-25-26(15)13-7-5-4-6-8-13)21(27)23(12)22(28)18-16(29-2)10-17(30-3)19(24)20(18)31-23/h4-8,10-12,21,27H,9H2,1-3H3/t12-,21+,23+/m1/s1. The number of benzene rings is 2. The number of rotatable bonds is 3. The molecular formula is C23H21ClN2O5. The fourth-order valence-electron chi connectivity index (χ4n) is 4.68. The number of carbonyl (C=O) groups excluding carboxylic acids is 1. The van der Waals surface area contributed by atoms with Gasteiger partial charge < -0.3 is 19.3 Å². The SMILES string of the molecule is COc1cc(OC)c2c(c1Cl)O[C@@]1(C2=O)[C@H](C)Cc2c(cnn2-c2ccccc2)[C@@H]1O. The molecular weight excluding hydrogens is 420 g/mol. The third kappa shape index (κ3) is 2.56. The smallest absolute Gasteiger partial charge is 0.217 e. The summed E-state index contributed by atoms with van der Waals surface area (Å²) in [5.41, 5.74) is 0.988. The largest absolute Gasteiger partial charge is 0.496 e. The van der Waals surface area contributed by atoms with Crippen LogP contribution in [0.4, 0.5) is 0 Å². The van der Waals surface area contributed by atoms with Crippen molar-refractivity contribution in [3.05, 3.63) is 64.4 Å². The Labute approximate surface area is 184 Å². The highest BCUT2D eigenvalue weighted by Crippen LogP contribution is 2.56. The van der Waals surface area contributed by atoms with Crippen molar-refractivity contribution in [2.24, 2.45) is 5.92 Å². The van der Waals surface area contributed by atoms with E-state index in [0.717, 1.165) is 11.4 Å². The van der Waals surface area contributed by atoms with Crippen LogP contribution in [-0.2, 0) is 6.42 Å². The molecule has 1 aromatic heterocycles. The van der Waals surface area contributed by atoms with E-state index >= 15 is 0 Å². The van der Waals surface area contributed by atoms with Crippen molar-refractivity contribution in [3.8, 4) is 22.9 Å². The van der Waals surface area contributed by atoms with Gasteiger partial charge in [-0.1, -0.05) is 36.7 Å². The molecule has 2 heterocycles. The first kappa shape index (κ1) is 19.9. The van der Waals surface area contributed by atoms with Crippen molar-refractivity contribution in [1.82, 2.24) is 9.78 Å². The molecule has 2 aliphatic rings. The second kappa shape index (κ2) is 7.00. The summed E-state index contributed by atoms with van der Waals surface area (Å²) in [5, 5.41) is 16.1. The molecule has 0 bridgehead atoms. The molecule has 8 heteroatoms. The minimum Gasteiger partial charge on any atom is -0.496 e. The first-order chi connectivity index (χ1) is 14.9. The summed E-state index contributed by atoms with van der Waals surface area (Å²) in [5.74, 6) is 0.0801. The van der Waals surface area contributed by atoms with E-state index in [1.54, 1.807) is 16.9 Å². The van der Waals surface area contributed by atoms with E-state index in [-0.39, 0.29) is 28.0 Å². The highest BCUT2D eigenvalue weighted by Gasteiger charge is 2.62. The van der Waals surface area contributed by atoms with Crippen molar-refractivity contribution < 1.29 is 24.1 Å². The number of methoxy groups -OCH3 is 2. The number of ether oxygens (including phenoxy) is 3. The fraction of sp³-hybridized carbons (Fsp3) is 0.304. The van der Waals surface area contributed by atoms with Crippen LogP contribution >= 0.6 is 11.6 Å². The van der Waals surface area contributed by atoms with E-state index in [9.17, 15) is 9.90 Å². The predicted octanol–water partition coefficient (Wildman–Crippen LogP) is 3.78. The van der Waals surface area contributed by atoms with Gasteiger partial charge >= 0.3 is 0 Å². The van der Waals surface area contributed by atoms with Gasteiger partial charge in [0.05, 0.1) is 31.8 Å². The molecule has 7 nitrogen and oxygen atoms in total. The van der Waals surface area contributed by atoms with E-state index in [1.807, 2.05) is 37.3 Å². The number of hydrogen-bond acceptors (Lipinski definition) is 6. The Balaban J connectivity index is 1.64. The quantitative estimate of drug-likeness (QED) is 0.667. The molecule has 0 saturated carbocycles. The van der Waals surface area contributed by atoms with E-state index in [2.05, 4.69) is 5.10 Å². The van der Waals surface area contributed by atoms with Crippen LogP contribution < -0.4 is 14.2 Å². The molecule has 0 saturated heterocycles. The molecule has 0 amide bonds. The number of Topliss-reactive ketones (excluding diaryl/α,β-unsaturated/α-hetero) is 1. The van der Waals surface area contributed by atoms with E-state index < -0.39 is 11.7 Å². The summed E-state index contributed by atoms with van der Waals surface area (Å²) in [7, 11) is 2.94. The Morgan fingerprint density at radius 1 is 1.23 bits per heavy atom. The molecule has 5 rings (SSSR count). The number of hydrogen-bond donors (Lipinski definition) is 1. The summed E-state index contributed by atoms with van der Waals surface area (Å²) < 4.78 is 18.8. The van der Waals surface area contributed by atoms with Crippen molar-refractivity contribution in [3.63, 3.8) is 0 Å². The highest BCUT2D eigenvalue weighted by atomic mass is 35.5. The van der Waals surface area contributed by atoms with Crippen LogP contribution in [0.2, 0.25) is 5.02 Å². The summed E-state index contributed by atoms with van der Waals surface area (Å²) >= 11 is 6.47. The summed E-state index contributed by atoms with van der Waals surface area (Å²) in [6.07, 6.45) is 0.855. The number of aliphatic hydroxyl groups is 1. The Kier molecular flexibility index (Phi) is 4.50. The minimum atomic E-state index is -1.52. The van der Waals surface area contributed by atoms with Crippen molar-refractivity contribution >= 4 is 17.4 Å². The lowest BCUT2D eigenvalue weighted by Gasteiger charge is -2.41. The van der Waals surface area contributed by atoms with Gasteiger partial charge in [-0.25, -0.2) is 4.68 Å². The number of fused-ring (bicyclic) bond motifs is 2. The van der Waals surface area contributed by atoms with Gasteiger partial charge in [-0.05, 0) is 18.6 Å². The molecule has 1 spiro atoms. The third-order valence-corrected chi connectivity index (χ3v) is 6.64. The first-order valence-electron chi connectivity index (χ1n) is 9.92. The number of ketones is 1. The van der Waals surface area contributed by atoms with Crippen LogP contribution in [0.5, 0.6) is 17.2 Å². The van der Waals surface area contributed by atoms with Crippen LogP contribution in [-0.4, -0.2) is 40.5 Å². The molecule has 1 aliphatic carbocycles. The molecule has 31 heavy (non-hydrogen) atoms. The van der Waals surface area contributed by atoms with E-state index in [1.165, 1.54) is 14.2 Å². The maximum absolute atomic E-state index is 13.7. The Morgan fingerprint density at radius 3 is 2.61 bits per heavy atom. The normalized spacial score (nSPS) is 24.0. The van der Waals surface area contributed by atoms with Gasteiger partial charge in [0.1, 0.15) is 28.2 Å². The lowest BCUT2D eigenvalue weighted by molar-refractivity contribution is -0.0639. The topological polar surface area (TPSA) is 82.8 Å². The Bertz CT molecular complexity index is 1190. The maximum atomic E-state index is 13.7. The summed E-state index contributed by atoms with van der Waals surface area (Å²) in [4.78, 5) is 13.7. The molecule has 3 atom stereocenters. The number of para-hydroxylation sites is 1. The lowest BCUT2D eigenvalue weighted by Crippen LogP contribution is -2.54. The molecule has 2 aromatic carbocycles. The van der Waals surface area contributed by atoms with Gasteiger partial charge in [-0.15, -0.1) is 0 Å².